The van der Waals surface area contributed by atoms with Crippen LogP contribution in [-0.2, 0) is 21.4 Å². The molecule has 1 unspecified atom stereocenters. The van der Waals surface area contributed by atoms with Crippen LogP contribution < -0.4 is 15.4 Å². The first-order valence-electron chi connectivity index (χ1n) is 11.1. The summed E-state index contributed by atoms with van der Waals surface area (Å²) in [4.78, 5) is 24.0. The first-order chi connectivity index (χ1) is 16.3. The zero-order valence-electron chi connectivity index (χ0n) is 18.8. The van der Waals surface area contributed by atoms with Crippen molar-refractivity contribution in [3.63, 3.8) is 0 Å². The van der Waals surface area contributed by atoms with Crippen LogP contribution in [0.4, 0.5) is 5.69 Å². The monoisotopic (exact) mass is 477 g/mol. The number of carbonyl (C=O) groups is 2. The second-order valence-electron chi connectivity index (χ2n) is 8.43. The predicted molar refractivity (Wildman–Crippen MR) is 131 cm³/mol. The van der Waals surface area contributed by atoms with Gasteiger partial charge in [-0.3, -0.25) is 9.59 Å². The average molecular weight is 478 g/mol. The van der Waals surface area contributed by atoms with E-state index in [-0.39, 0.29) is 29.3 Å². The van der Waals surface area contributed by atoms with Gasteiger partial charge in [-0.05, 0) is 66.3 Å². The summed E-state index contributed by atoms with van der Waals surface area (Å²) in [5, 5.41) is 5.75. The van der Waals surface area contributed by atoms with Crippen LogP contribution in [0.15, 0.2) is 83.8 Å². The standard InChI is InChI=1S/C26H27N3O4S/c1-18(30)28-23-13-15-24(16-14-23)34(32,33)27-17-19-7-9-22(10-8-19)26(31)29-25(21-11-12-21)20-5-3-2-4-6-20/h2-10,13-16,21,25,27H,11-12,17H2,1H3,(H,28,30)(H,29,31). The fourth-order valence-corrected chi connectivity index (χ4v) is 4.76. The Hall–Kier alpha value is -3.49. The SMILES string of the molecule is CC(=O)Nc1ccc(S(=O)(=O)NCc2ccc(C(=O)NC(c3ccccc3)C3CC3)cc2)cc1. The van der Waals surface area contributed by atoms with Crippen molar-refractivity contribution in [1.29, 1.82) is 0 Å². The maximum absolute atomic E-state index is 12.8. The van der Waals surface area contributed by atoms with E-state index in [4.69, 9.17) is 0 Å². The first kappa shape index (κ1) is 23.7. The van der Waals surface area contributed by atoms with Crippen LogP contribution >= 0.6 is 0 Å². The summed E-state index contributed by atoms with van der Waals surface area (Å²) in [5.74, 6) is 0.0912. The maximum atomic E-state index is 12.8. The van der Waals surface area contributed by atoms with Crippen LogP contribution in [0.3, 0.4) is 0 Å². The number of nitrogens with one attached hydrogen (secondary N) is 3. The quantitative estimate of drug-likeness (QED) is 0.433. The topological polar surface area (TPSA) is 104 Å². The fraction of sp³-hybridized carbons (Fsp3) is 0.231. The predicted octanol–water partition coefficient (Wildman–Crippen LogP) is 4.00. The van der Waals surface area contributed by atoms with Crippen molar-refractivity contribution >= 4 is 27.5 Å². The van der Waals surface area contributed by atoms with Crippen molar-refractivity contribution in [3.8, 4) is 0 Å². The van der Waals surface area contributed by atoms with Crippen molar-refractivity contribution in [1.82, 2.24) is 10.0 Å². The van der Waals surface area contributed by atoms with E-state index in [2.05, 4.69) is 15.4 Å². The lowest BCUT2D eigenvalue weighted by molar-refractivity contribution is -0.114. The zero-order valence-corrected chi connectivity index (χ0v) is 19.6. The third-order valence-electron chi connectivity index (χ3n) is 5.71. The molecule has 0 heterocycles. The highest BCUT2D eigenvalue weighted by Crippen LogP contribution is 2.41. The molecule has 34 heavy (non-hydrogen) atoms. The van der Waals surface area contributed by atoms with Gasteiger partial charge >= 0.3 is 0 Å². The molecule has 1 aliphatic carbocycles. The molecule has 3 aromatic carbocycles. The van der Waals surface area contributed by atoms with Crippen molar-refractivity contribution in [3.05, 3.63) is 95.6 Å². The highest BCUT2D eigenvalue weighted by molar-refractivity contribution is 7.89. The summed E-state index contributed by atoms with van der Waals surface area (Å²) < 4.78 is 27.7. The summed E-state index contributed by atoms with van der Waals surface area (Å²) in [6.07, 6.45) is 2.21. The van der Waals surface area contributed by atoms with Crippen LogP contribution in [0.25, 0.3) is 0 Å². The Labute approximate surface area is 199 Å². The number of rotatable bonds is 9. The number of anilines is 1. The van der Waals surface area contributed by atoms with Gasteiger partial charge in [-0.25, -0.2) is 13.1 Å². The van der Waals surface area contributed by atoms with Crippen LogP contribution in [-0.4, -0.2) is 20.2 Å². The van der Waals surface area contributed by atoms with E-state index in [0.717, 1.165) is 24.0 Å². The van der Waals surface area contributed by atoms with E-state index < -0.39 is 10.0 Å². The van der Waals surface area contributed by atoms with Crippen LogP contribution in [0, 0.1) is 5.92 Å². The molecule has 0 aliphatic heterocycles. The summed E-state index contributed by atoms with van der Waals surface area (Å²) in [5.41, 5.74) is 2.89. The molecule has 1 aliphatic rings. The summed E-state index contributed by atoms with van der Waals surface area (Å²) >= 11 is 0. The van der Waals surface area contributed by atoms with Gasteiger partial charge in [0.15, 0.2) is 0 Å². The number of benzene rings is 3. The Morgan fingerprint density at radius 2 is 1.56 bits per heavy atom. The average Bonchev–Trinajstić information content (AvgIpc) is 3.67. The Morgan fingerprint density at radius 3 is 2.15 bits per heavy atom. The van der Waals surface area contributed by atoms with Gasteiger partial charge in [0.05, 0.1) is 10.9 Å². The lowest BCUT2D eigenvalue weighted by Gasteiger charge is -2.19. The molecule has 4 rings (SSSR count). The molecule has 0 saturated heterocycles. The summed E-state index contributed by atoms with van der Waals surface area (Å²) in [7, 11) is -3.72. The van der Waals surface area contributed by atoms with Gasteiger partial charge in [-0.1, -0.05) is 42.5 Å². The van der Waals surface area contributed by atoms with Crippen molar-refractivity contribution < 1.29 is 18.0 Å². The Balaban J connectivity index is 1.36. The highest BCUT2D eigenvalue weighted by Gasteiger charge is 2.33. The minimum absolute atomic E-state index is 0.00257. The third kappa shape index (κ3) is 6.09. The van der Waals surface area contributed by atoms with Gasteiger partial charge in [-0.2, -0.15) is 0 Å². The van der Waals surface area contributed by atoms with Gasteiger partial charge < -0.3 is 10.6 Å². The van der Waals surface area contributed by atoms with E-state index in [1.165, 1.54) is 31.2 Å². The second kappa shape index (κ2) is 10.2. The molecule has 0 aromatic heterocycles. The molecule has 7 nitrogen and oxygen atoms in total. The minimum atomic E-state index is -3.72. The number of hydrogen-bond donors (Lipinski definition) is 3. The van der Waals surface area contributed by atoms with Crippen molar-refractivity contribution in [2.45, 2.75) is 37.2 Å². The molecule has 2 amide bonds. The molecule has 3 N–H and O–H groups in total. The molecule has 8 heteroatoms. The van der Waals surface area contributed by atoms with E-state index >= 15 is 0 Å². The van der Waals surface area contributed by atoms with Crippen LogP contribution in [0.2, 0.25) is 0 Å². The lowest BCUT2D eigenvalue weighted by Crippen LogP contribution is -2.30. The molecule has 0 bridgehead atoms. The van der Waals surface area contributed by atoms with Crippen LogP contribution in [0.5, 0.6) is 0 Å². The fourth-order valence-electron chi connectivity index (χ4n) is 3.74. The van der Waals surface area contributed by atoms with Crippen LogP contribution in [0.1, 0.15) is 47.3 Å². The van der Waals surface area contributed by atoms with Crippen molar-refractivity contribution in [2.24, 2.45) is 5.92 Å². The van der Waals surface area contributed by atoms with E-state index in [9.17, 15) is 18.0 Å². The van der Waals surface area contributed by atoms with Gasteiger partial charge in [-0.15, -0.1) is 0 Å². The molecule has 1 atom stereocenters. The Kier molecular flexibility index (Phi) is 7.09. The van der Waals surface area contributed by atoms with Gasteiger partial charge in [0.25, 0.3) is 5.91 Å². The number of amides is 2. The molecule has 1 fully saturated rings. The lowest BCUT2D eigenvalue weighted by atomic mass is 10.0. The largest absolute Gasteiger partial charge is 0.345 e. The zero-order chi connectivity index (χ0) is 24.1. The minimum Gasteiger partial charge on any atom is -0.345 e. The summed E-state index contributed by atoms with van der Waals surface area (Å²) in [6, 6.07) is 22.8. The molecule has 176 valence electrons. The molecule has 1 saturated carbocycles. The van der Waals surface area contributed by atoms with E-state index in [1.807, 2.05) is 30.3 Å². The first-order valence-corrected chi connectivity index (χ1v) is 12.6. The number of carbonyl (C=O) groups excluding carboxylic acids is 2. The smallest absolute Gasteiger partial charge is 0.251 e. The van der Waals surface area contributed by atoms with E-state index in [1.54, 1.807) is 24.3 Å². The number of hydrogen-bond acceptors (Lipinski definition) is 4. The highest BCUT2D eigenvalue weighted by atomic mass is 32.2. The summed E-state index contributed by atoms with van der Waals surface area (Å²) in [6.45, 7) is 1.47. The Morgan fingerprint density at radius 1 is 0.912 bits per heavy atom. The molecular formula is C26H27N3O4S. The Bertz CT molecular complexity index is 1250. The van der Waals surface area contributed by atoms with Crippen molar-refractivity contribution in [2.75, 3.05) is 5.32 Å². The maximum Gasteiger partial charge on any atom is 0.251 e. The molecule has 3 aromatic rings. The normalized spacial score (nSPS) is 14.3. The van der Waals surface area contributed by atoms with E-state index in [0.29, 0.717) is 17.2 Å². The molecule has 0 radical (unpaired) electrons. The second-order valence-corrected chi connectivity index (χ2v) is 10.2. The van der Waals surface area contributed by atoms with Gasteiger partial charge in [0.2, 0.25) is 15.9 Å². The third-order valence-corrected chi connectivity index (χ3v) is 7.12. The van der Waals surface area contributed by atoms with Gasteiger partial charge in [0.1, 0.15) is 0 Å². The molecule has 0 spiro atoms. The van der Waals surface area contributed by atoms with Gasteiger partial charge in [0, 0.05) is 24.7 Å². The molecular weight excluding hydrogens is 450 g/mol. The number of sulfonamides is 1.